The molecule has 2 aromatic rings. The van der Waals surface area contributed by atoms with Crippen molar-refractivity contribution in [1.82, 2.24) is 24.8 Å². The van der Waals surface area contributed by atoms with Crippen LogP contribution in [0.5, 0.6) is 0 Å². The predicted octanol–water partition coefficient (Wildman–Crippen LogP) is 2.36. The normalized spacial score (nSPS) is 32.1. The fraction of sp³-hybridized carbons (Fsp3) is 0.667. The summed E-state index contributed by atoms with van der Waals surface area (Å²) in [5, 5.41) is 11.6. The number of nitrogens with zero attached hydrogens (tertiary/aromatic N) is 4. The van der Waals surface area contributed by atoms with E-state index in [1.807, 2.05) is 0 Å². The summed E-state index contributed by atoms with van der Waals surface area (Å²) >= 11 is 5.17. The molecule has 2 aliphatic carbocycles. The van der Waals surface area contributed by atoms with Crippen LogP contribution >= 0.6 is 12.2 Å². The van der Waals surface area contributed by atoms with E-state index in [1.165, 1.54) is 12.8 Å². The number of hydrogen-bond donors (Lipinski definition) is 1. The van der Waals surface area contributed by atoms with E-state index in [-0.39, 0.29) is 10.8 Å². The van der Waals surface area contributed by atoms with Crippen LogP contribution in [0.25, 0.3) is 5.78 Å². The smallest absolute Gasteiger partial charge is 0.248 e. The van der Waals surface area contributed by atoms with Crippen molar-refractivity contribution in [2.75, 3.05) is 0 Å². The maximum atomic E-state index is 5.17. The number of fused-ring (bicyclic) bond motifs is 6. The van der Waals surface area contributed by atoms with Crippen LogP contribution in [-0.2, 0) is 5.41 Å². The van der Waals surface area contributed by atoms with Gasteiger partial charge in [-0.25, -0.2) is 10.1 Å². The van der Waals surface area contributed by atoms with Gasteiger partial charge in [0.25, 0.3) is 5.78 Å². The van der Waals surface area contributed by atoms with Crippen LogP contribution in [0, 0.1) is 10.2 Å². The summed E-state index contributed by atoms with van der Waals surface area (Å²) in [6, 6.07) is 0. The van der Waals surface area contributed by atoms with Crippen molar-refractivity contribution in [2.45, 2.75) is 44.9 Å². The second-order valence-electron chi connectivity index (χ2n) is 6.23. The van der Waals surface area contributed by atoms with Gasteiger partial charge in [0.15, 0.2) is 0 Å². The van der Waals surface area contributed by atoms with Gasteiger partial charge >= 0.3 is 0 Å². The molecule has 0 saturated heterocycles. The standard InChI is InChI=1S/C12H15N5S/c1-11(2)6-4-5-12(11,3)8-7(6)16-17-9(13-8)14-15-10(17)18/h6H,4-5H2,1-3H3,(H,15,18)/t6-,12+/m1/s1. The number of aromatic amines is 1. The van der Waals surface area contributed by atoms with E-state index in [0.717, 1.165) is 11.4 Å². The van der Waals surface area contributed by atoms with Crippen LogP contribution in [0.2, 0.25) is 0 Å². The van der Waals surface area contributed by atoms with Gasteiger partial charge in [0.05, 0.1) is 11.4 Å². The van der Waals surface area contributed by atoms with E-state index in [1.54, 1.807) is 4.52 Å². The van der Waals surface area contributed by atoms with E-state index >= 15 is 0 Å². The molecular formula is C12H15N5S. The predicted molar refractivity (Wildman–Crippen MR) is 69.1 cm³/mol. The highest BCUT2D eigenvalue weighted by atomic mass is 32.1. The molecule has 0 aromatic carbocycles. The number of rotatable bonds is 0. The zero-order valence-corrected chi connectivity index (χ0v) is 11.5. The van der Waals surface area contributed by atoms with E-state index in [4.69, 9.17) is 22.3 Å². The summed E-state index contributed by atoms with van der Waals surface area (Å²) in [5.41, 5.74) is 2.60. The Labute approximate surface area is 110 Å². The van der Waals surface area contributed by atoms with Gasteiger partial charge in [-0.3, -0.25) is 0 Å². The van der Waals surface area contributed by atoms with Crippen LogP contribution in [0.3, 0.4) is 0 Å². The summed E-state index contributed by atoms with van der Waals surface area (Å²) in [6.07, 6.45) is 2.38. The molecule has 6 heteroatoms. The van der Waals surface area contributed by atoms with Crippen LogP contribution in [0.4, 0.5) is 0 Å². The van der Waals surface area contributed by atoms with Crippen molar-refractivity contribution in [3.63, 3.8) is 0 Å². The Kier molecular flexibility index (Phi) is 1.66. The average Bonchev–Trinajstić information content (AvgIpc) is 2.84. The molecule has 94 valence electrons. The molecule has 5 nitrogen and oxygen atoms in total. The molecule has 1 saturated carbocycles. The quantitative estimate of drug-likeness (QED) is 0.740. The molecule has 4 rings (SSSR count). The highest BCUT2D eigenvalue weighted by Gasteiger charge is 2.61. The topological polar surface area (TPSA) is 58.9 Å². The van der Waals surface area contributed by atoms with E-state index in [2.05, 4.69) is 31.0 Å². The molecule has 2 bridgehead atoms. The minimum absolute atomic E-state index is 0.120. The van der Waals surface area contributed by atoms with Crippen molar-refractivity contribution in [1.29, 1.82) is 0 Å². The lowest BCUT2D eigenvalue weighted by molar-refractivity contribution is 0.227. The number of nitrogens with one attached hydrogen (secondary N) is 1. The summed E-state index contributed by atoms with van der Waals surface area (Å²) in [6.45, 7) is 6.97. The Morgan fingerprint density at radius 1 is 1.39 bits per heavy atom. The lowest BCUT2D eigenvalue weighted by atomic mass is 9.70. The molecule has 0 unspecified atom stereocenters. The summed E-state index contributed by atoms with van der Waals surface area (Å²) in [7, 11) is 0. The molecule has 0 radical (unpaired) electrons. The lowest BCUT2D eigenvalue weighted by Crippen LogP contribution is -2.32. The first-order valence-corrected chi connectivity index (χ1v) is 6.72. The van der Waals surface area contributed by atoms with Gasteiger partial charge in [-0.1, -0.05) is 20.8 Å². The van der Waals surface area contributed by atoms with Gasteiger partial charge in [-0.05, 0) is 30.5 Å². The summed E-state index contributed by atoms with van der Waals surface area (Å²) in [5.74, 6) is 1.08. The molecule has 0 spiro atoms. The van der Waals surface area contributed by atoms with Crippen molar-refractivity contribution in [2.24, 2.45) is 5.41 Å². The van der Waals surface area contributed by atoms with Gasteiger partial charge in [0, 0.05) is 11.3 Å². The fourth-order valence-corrected chi connectivity index (χ4v) is 3.97. The Hall–Kier alpha value is -1.30. The second kappa shape index (κ2) is 2.82. The molecule has 2 aliphatic rings. The zero-order valence-electron chi connectivity index (χ0n) is 10.7. The second-order valence-corrected chi connectivity index (χ2v) is 6.62. The van der Waals surface area contributed by atoms with Gasteiger partial charge in [-0.2, -0.15) is 9.61 Å². The highest BCUT2D eigenvalue weighted by Crippen LogP contribution is 2.66. The minimum Gasteiger partial charge on any atom is -0.248 e. The Morgan fingerprint density at radius 2 is 2.17 bits per heavy atom. The molecule has 0 amide bonds. The van der Waals surface area contributed by atoms with E-state index in [0.29, 0.717) is 16.5 Å². The van der Waals surface area contributed by atoms with E-state index in [9.17, 15) is 0 Å². The third kappa shape index (κ3) is 0.922. The summed E-state index contributed by atoms with van der Waals surface area (Å²) in [4.78, 5) is 4.72. The van der Waals surface area contributed by atoms with Crippen molar-refractivity contribution < 1.29 is 0 Å². The molecule has 2 atom stereocenters. The minimum atomic E-state index is 0.120. The lowest BCUT2D eigenvalue weighted by Gasteiger charge is -2.33. The van der Waals surface area contributed by atoms with Crippen LogP contribution in [0.15, 0.2) is 0 Å². The van der Waals surface area contributed by atoms with Gasteiger partial charge in [-0.15, -0.1) is 5.10 Å². The first kappa shape index (κ1) is 10.6. The molecule has 2 aromatic heterocycles. The van der Waals surface area contributed by atoms with Crippen molar-refractivity contribution >= 4 is 18.0 Å². The average molecular weight is 261 g/mol. The Morgan fingerprint density at radius 3 is 2.94 bits per heavy atom. The van der Waals surface area contributed by atoms with Crippen LogP contribution in [0.1, 0.15) is 50.9 Å². The first-order chi connectivity index (χ1) is 8.45. The maximum absolute atomic E-state index is 5.17. The van der Waals surface area contributed by atoms with Gasteiger partial charge < -0.3 is 0 Å². The Balaban J connectivity index is 2.12. The monoisotopic (exact) mass is 261 g/mol. The van der Waals surface area contributed by atoms with Crippen molar-refractivity contribution in [3.8, 4) is 0 Å². The van der Waals surface area contributed by atoms with Gasteiger partial charge in [0.2, 0.25) is 4.77 Å². The van der Waals surface area contributed by atoms with E-state index < -0.39 is 0 Å². The Bertz CT molecular complexity index is 728. The zero-order chi connectivity index (χ0) is 12.7. The molecular weight excluding hydrogens is 246 g/mol. The van der Waals surface area contributed by atoms with Crippen LogP contribution < -0.4 is 0 Å². The molecule has 1 fully saturated rings. The maximum Gasteiger partial charge on any atom is 0.270 e. The third-order valence-electron chi connectivity index (χ3n) is 5.37. The molecule has 0 aliphatic heterocycles. The van der Waals surface area contributed by atoms with Crippen LogP contribution in [-0.4, -0.2) is 24.8 Å². The number of hydrogen-bond acceptors (Lipinski definition) is 4. The highest BCUT2D eigenvalue weighted by molar-refractivity contribution is 7.71. The molecule has 18 heavy (non-hydrogen) atoms. The first-order valence-electron chi connectivity index (χ1n) is 6.31. The molecule has 2 heterocycles. The SMILES string of the molecule is CC1(C)[C@@H]2CC[C@@]1(C)c1nc3n[nH]c(=S)n3nc12. The summed E-state index contributed by atoms with van der Waals surface area (Å²) < 4.78 is 2.17. The number of H-pyrrole nitrogens is 1. The fourth-order valence-electron chi connectivity index (χ4n) is 3.80. The van der Waals surface area contributed by atoms with Gasteiger partial charge in [0.1, 0.15) is 0 Å². The van der Waals surface area contributed by atoms with Crippen molar-refractivity contribution in [3.05, 3.63) is 16.2 Å². The largest absolute Gasteiger partial charge is 0.270 e. The third-order valence-corrected chi connectivity index (χ3v) is 5.64. The molecule has 1 N–H and O–H groups in total. The number of aromatic nitrogens is 5.